The Morgan fingerprint density at radius 1 is 1.60 bits per heavy atom. The summed E-state index contributed by atoms with van der Waals surface area (Å²) in [7, 11) is 1.51. The maximum absolute atomic E-state index is 11.8. The lowest BCUT2D eigenvalue weighted by Crippen LogP contribution is -1.95. The number of rotatable bonds is 3. The van der Waals surface area contributed by atoms with Crippen LogP contribution in [0.25, 0.3) is 0 Å². The number of halogens is 1. The van der Waals surface area contributed by atoms with E-state index in [1.165, 1.54) is 13.4 Å². The normalized spacial score (nSPS) is 10.3. The molecule has 0 aliphatic heterocycles. The van der Waals surface area contributed by atoms with Gasteiger partial charge in [0, 0.05) is 12.1 Å². The largest absolute Gasteiger partial charge is 0.480 e. The summed E-state index contributed by atoms with van der Waals surface area (Å²) in [6.45, 7) is 0. The Bertz CT molecular complexity index is 491. The van der Waals surface area contributed by atoms with Gasteiger partial charge in [0.2, 0.25) is 11.7 Å². The first kappa shape index (κ1) is 10.4. The first-order valence-electron chi connectivity index (χ1n) is 4.00. The molecule has 2 rings (SSSR count). The molecule has 0 fully saturated rings. The molecule has 0 saturated carbocycles. The van der Waals surface area contributed by atoms with Crippen LogP contribution in [-0.4, -0.2) is 17.3 Å². The lowest BCUT2D eigenvalue weighted by atomic mass is 10.2. The van der Waals surface area contributed by atoms with Gasteiger partial charge in [-0.25, -0.2) is 0 Å². The van der Waals surface area contributed by atoms with Crippen LogP contribution >= 0.6 is 27.5 Å². The van der Waals surface area contributed by atoms with Crippen LogP contribution in [0.4, 0.5) is 0 Å². The van der Waals surface area contributed by atoms with Crippen molar-refractivity contribution in [3.05, 3.63) is 33.5 Å². The third-order valence-electron chi connectivity index (χ3n) is 1.75. The molecule has 2 aromatic rings. The van der Waals surface area contributed by atoms with Crippen molar-refractivity contribution in [1.29, 1.82) is 0 Å². The highest BCUT2D eigenvalue weighted by Crippen LogP contribution is 2.22. The molecule has 0 bridgehead atoms. The minimum atomic E-state index is -0.120. The van der Waals surface area contributed by atoms with Gasteiger partial charge < -0.3 is 9.15 Å². The summed E-state index contributed by atoms with van der Waals surface area (Å²) in [5.41, 5.74) is 0.494. The molecule has 78 valence electrons. The van der Waals surface area contributed by atoms with Crippen molar-refractivity contribution >= 4 is 33.2 Å². The van der Waals surface area contributed by atoms with Crippen LogP contribution < -0.4 is 4.74 Å². The summed E-state index contributed by atoms with van der Waals surface area (Å²) in [6, 6.07) is 3.22. The molecular formula is C9H6BrNO3S. The van der Waals surface area contributed by atoms with Gasteiger partial charge in [-0.1, -0.05) is 0 Å². The number of aromatic nitrogens is 1. The SMILES string of the molecule is COc1cc(C(=O)c2coc(Br)c2)sn1. The quantitative estimate of drug-likeness (QED) is 0.815. The highest BCUT2D eigenvalue weighted by molar-refractivity contribution is 9.10. The number of carbonyl (C=O) groups is 1. The molecule has 0 spiro atoms. The van der Waals surface area contributed by atoms with Gasteiger partial charge in [0.15, 0.2) is 4.67 Å². The van der Waals surface area contributed by atoms with Crippen molar-refractivity contribution in [3.8, 4) is 5.88 Å². The number of nitrogens with zero attached hydrogens (tertiary/aromatic N) is 1. The molecular weight excluding hydrogens is 282 g/mol. The van der Waals surface area contributed by atoms with E-state index in [-0.39, 0.29) is 5.78 Å². The predicted octanol–water partition coefficient (Wildman–Crippen LogP) is 2.74. The number of carbonyl (C=O) groups excluding carboxylic acids is 1. The second kappa shape index (κ2) is 4.16. The lowest BCUT2D eigenvalue weighted by Gasteiger charge is -1.89. The number of methoxy groups -OCH3 is 1. The number of hydrogen-bond donors (Lipinski definition) is 0. The number of ketones is 1. The van der Waals surface area contributed by atoms with Crippen LogP contribution in [0.3, 0.4) is 0 Å². The summed E-state index contributed by atoms with van der Waals surface area (Å²) in [4.78, 5) is 12.4. The molecule has 6 heteroatoms. The molecule has 0 N–H and O–H groups in total. The van der Waals surface area contributed by atoms with Crippen LogP contribution in [0.1, 0.15) is 15.2 Å². The summed E-state index contributed by atoms with van der Waals surface area (Å²) >= 11 is 4.24. The van der Waals surface area contributed by atoms with Gasteiger partial charge in [-0.2, -0.15) is 4.37 Å². The minimum absolute atomic E-state index is 0.120. The minimum Gasteiger partial charge on any atom is -0.480 e. The van der Waals surface area contributed by atoms with Crippen molar-refractivity contribution in [2.75, 3.05) is 7.11 Å². The molecule has 0 atom stereocenters. The van der Waals surface area contributed by atoms with Crippen LogP contribution in [0.15, 0.2) is 27.5 Å². The number of furan rings is 1. The molecule has 0 aliphatic carbocycles. The monoisotopic (exact) mass is 287 g/mol. The zero-order valence-corrected chi connectivity index (χ0v) is 10.1. The molecule has 0 radical (unpaired) electrons. The highest BCUT2D eigenvalue weighted by Gasteiger charge is 2.15. The van der Waals surface area contributed by atoms with E-state index in [9.17, 15) is 4.79 Å². The summed E-state index contributed by atoms with van der Waals surface area (Å²) in [5, 5.41) is 0. The van der Waals surface area contributed by atoms with Gasteiger partial charge in [-0.3, -0.25) is 4.79 Å². The second-order valence-corrected chi connectivity index (χ2v) is 4.29. The van der Waals surface area contributed by atoms with Crippen LogP contribution in [-0.2, 0) is 0 Å². The van der Waals surface area contributed by atoms with Gasteiger partial charge in [0.25, 0.3) is 0 Å². The Kier molecular flexibility index (Phi) is 2.88. The molecule has 0 aromatic carbocycles. The van der Waals surface area contributed by atoms with Crippen LogP contribution in [0, 0.1) is 0 Å². The molecule has 0 amide bonds. The fraction of sp³-hybridized carbons (Fsp3) is 0.111. The topological polar surface area (TPSA) is 52.3 Å². The molecule has 0 aliphatic rings. The third-order valence-corrected chi connectivity index (χ3v) is 2.94. The Hall–Kier alpha value is -1.14. The zero-order chi connectivity index (χ0) is 10.8. The summed E-state index contributed by atoms with van der Waals surface area (Å²) in [5.74, 6) is 0.330. The Labute approximate surface area is 98.2 Å². The van der Waals surface area contributed by atoms with Gasteiger partial charge in [0.1, 0.15) is 6.26 Å². The Morgan fingerprint density at radius 2 is 2.40 bits per heavy atom. The zero-order valence-electron chi connectivity index (χ0n) is 7.69. The van der Waals surface area contributed by atoms with E-state index in [0.717, 1.165) is 11.5 Å². The van der Waals surface area contributed by atoms with E-state index in [0.29, 0.717) is 21.0 Å². The molecule has 0 saturated heterocycles. The summed E-state index contributed by atoms with van der Waals surface area (Å²) in [6.07, 6.45) is 1.40. The van der Waals surface area contributed by atoms with E-state index < -0.39 is 0 Å². The van der Waals surface area contributed by atoms with E-state index in [2.05, 4.69) is 20.3 Å². The standard InChI is InChI=1S/C9H6BrNO3S/c1-13-8-3-6(15-11-8)9(12)5-2-7(10)14-4-5/h2-4H,1H3. The smallest absolute Gasteiger partial charge is 0.225 e. The van der Waals surface area contributed by atoms with Gasteiger partial charge in [0.05, 0.1) is 17.6 Å². The Morgan fingerprint density at radius 3 is 2.93 bits per heavy atom. The van der Waals surface area contributed by atoms with E-state index in [4.69, 9.17) is 9.15 Å². The highest BCUT2D eigenvalue weighted by atomic mass is 79.9. The molecule has 4 nitrogen and oxygen atoms in total. The number of hydrogen-bond acceptors (Lipinski definition) is 5. The van der Waals surface area contributed by atoms with E-state index in [1.807, 2.05) is 0 Å². The maximum Gasteiger partial charge on any atom is 0.225 e. The fourth-order valence-electron chi connectivity index (χ4n) is 1.03. The lowest BCUT2D eigenvalue weighted by molar-refractivity contribution is 0.104. The average Bonchev–Trinajstić information content (AvgIpc) is 2.84. The van der Waals surface area contributed by atoms with Crippen LogP contribution in [0.2, 0.25) is 0 Å². The fourth-order valence-corrected chi connectivity index (χ4v) is 2.04. The van der Waals surface area contributed by atoms with Crippen molar-refractivity contribution in [2.24, 2.45) is 0 Å². The van der Waals surface area contributed by atoms with Crippen molar-refractivity contribution < 1.29 is 13.9 Å². The molecule has 2 heterocycles. The average molecular weight is 288 g/mol. The van der Waals surface area contributed by atoms with Gasteiger partial charge in [-0.05, 0) is 27.5 Å². The predicted molar refractivity (Wildman–Crippen MR) is 58.5 cm³/mol. The van der Waals surface area contributed by atoms with Gasteiger partial charge >= 0.3 is 0 Å². The van der Waals surface area contributed by atoms with Gasteiger partial charge in [-0.15, -0.1) is 0 Å². The van der Waals surface area contributed by atoms with Crippen molar-refractivity contribution in [3.63, 3.8) is 0 Å². The molecule has 2 aromatic heterocycles. The number of ether oxygens (including phenoxy) is 1. The third kappa shape index (κ3) is 2.10. The maximum atomic E-state index is 11.8. The van der Waals surface area contributed by atoms with E-state index >= 15 is 0 Å². The second-order valence-electron chi connectivity index (χ2n) is 2.70. The van der Waals surface area contributed by atoms with E-state index in [1.54, 1.807) is 12.1 Å². The summed E-state index contributed by atoms with van der Waals surface area (Å²) < 4.78 is 14.4. The van der Waals surface area contributed by atoms with Crippen LogP contribution in [0.5, 0.6) is 5.88 Å². The Balaban J connectivity index is 2.28. The van der Waals surface area contributed by atoms with Crippen molar-refractivity contribution in [2.45, 2.75) is 0 Å². The molecule has 0 unspecified atom stereocenters. The van der Waals surface area contributed by atoms with Crippen molar-refractivity contribution in [1.82, 2.24) is 4.37 Å². The first-order chi connectivity index (χ1) is 7.20. The first-order valence-corrected chi connectivity index (χ1v) is 5.57. The molecule has 15 heavy (non-hydrogen) atoms.